The van der Waals surface area contributed by atoms with E-state index >= 15 is 0 Å². The number of hydrogen-bond donors (Lipinski definition) is 1. The molecule has 0 saturated heterocycles. The fourth-order valence-corrected chi connectivity index (χ4v) is 3.12. The minimum atomic E-state index is -3.06. The number of aromatic nitrogens is 3. The quantitative estimate of drug-likeness (QED) is 0.549. The van der Waals surface area contributed by atoms with E-state index in [2.05, 4.69) is 23.2 Å². The maximum atomic E-state index is 13.9. The monoisotopic (exact) mass is 427 g/mol. The molecule has 2 N–H and O–H groups in total. The summed E-state index contributed by atoms with van der Waals surface area (Å²) in [6.07, 6.45) is 3.98. The maximum absolute atomic E-state index is 13.9. The van der Waals surface area contributed by atoms with Gasteiger partial charge in [0.15, 0.2) is 5.65 Å². The van der Waals surface area contributed by atoms with Gasteiger partial charge in [-0.15, -0.1) is 0 Å². The Kier molecular flexibility index (Phi) is 5.96. The van der Waals surface area contributed by atoms with Gasteiger partial charge in [-0.2, -0.15) is 5.10 Å². The summed E-state index contributed by atoms with van der Waals surface area (Å²) in [6.45, 7) is 7.54. The van der Waals surface area contributed by atoms with Crippen LogP contribution in [0.1, 0.15) is 28.7 Å². The molecule has 1 amide bonds. The van der Waals surface area contributed by atoms with Crippen molar-refractivity contribution in [2.24, 2.45) is 5.73 Å². The number of primary amides is 1. The van der Waals surface area contributed by atoms with Gasteiger partial charge >= 0.3 is 0 Å². The van der Waals surface area contributed by atoms with Gasteiger partial charge in [0, 0.05) is 12.5 Å². The molecule has 0 aliphatic carbocycles. The first kappa shape index (κ1) is 21.8. The largest absolute Gasteiger partial charge is 0.364 e. The van der Waals surface area contributed by atoms with Gasteiger partial charge < -0.3 is 10.6 Å². The van der Waals surface area contributed by atoms with Crippen molar-refractivity contribution in [3.05, 3.63) is 90.8 Å². The first-order chi connectivity index (χ1) is 14.6. The molecule has 0 aliphatic heterocycles. The molecular weight excluding hydrogens is 407 g/mol. The molecule has 0 atom stereocenters. The Morgan fingerprint density at radius 1 is 1.23 bits per heavy atom. The maximum Gasteiger partial charge on any atom is 0.269 e. The van der Waals surface area contributed by atoms with Crippen molar-refractivity contribution in [3.63, 3.8) is 0 Å². The number of alkyl halides is 2. The number of fused-ring (bicyclic) bond motifs is 1. The SMILES string of the molecule is C=C/C(=C(/c1ccc2ncc(C(N)=O)n2n1)N(C=C)CC(C)(F)F)c1ccc(F)cc1. The molecule has 3 aromatic rings. The highest BCUT2D eigenvalue weighted by Crippen LogP contribution is 2.32. The number of carbonyl (C=O) groups is 1. The van der Waals surface area contributed by atoms with Crippen molar-refractivity contribution in [1.82, 2.24) is 19.5 Å². The number of imidazole rings is 1. The van der Waals surface area contributed by atoms with E-state index in [-0.39, 0.29) is 17.1 Å². The highest BCUT2D eigenvalue weighted by Gasteiger charge is 2.28. The number of halogens is 3. The number of nitrogens with two attached hydrogens (primary N) is 1. The van der Waals surface area contributed by atoms with Crippen molar-refractivity contribution in [2.45, 2.75) is 12.8 Å². The predicted molar refractivity (Wildman–Crippen MR) is 112 cm³/mol. The lowest BCUT2D eigenvalue weighted by atomic mass is 10.0. The van der Waals surface area contributed by atoms with Crippen molar-refractivity contribution in [1.29, 1.82) is 0 Å². The van der Waals surface area contributed by atoms with Crippen molar-refractivity contribution >= 4 is 22.8 Å². The fourth-order valence-electron chi connectivity index (χ4n) is 3.12. The van der Waals surface area contributed by atoms with Crippen LogP contribution in [-0.2, 0) is 0 Å². The molecule has 0 fully saturated rings. The standard InChI is InChI=1S/C22H20F3N5O/c1-4-16(14-6-8-15(23)9-7-14)20(29(5-2)13-22(3,24)25)17-10-11-19-27-12-18(21(26)31)30(19)28-17/h4-12H,1-2,13H2,3H3,(H2,26,31)/b20-16+. The minimum absolute atomic E-state index is 0.0316. The molecule has 0 radical (unpaired) electrons. The zero-order chi connectivity index (χ0) is 22.8. The second-order valence-corrected chi connectivity index (χ2v) is 6.85. The second-order valence-electron chi connectivity index (χ2n) is 6.85. The van der Waals surface area contributed by atoms with Gasteiger partial charge in [0.2, 0.25) is 0 Å². The number of rotatable bonds is 8. The molecule has 0 spiro atoms. The van der Waals surface area contributed by atoms with Crippen LogP contribution in [0.5, 0.6) is 0 Å². The second kappa shape index (κ2) is 8.47. The van der Waals surface area contributed by atoms with E-state index in [0.717, 1.165) is 6.92 Å². The molecule has 3 rings (SSSR count). The molecule has 2 aromatic heterocycles. The van der Waals surface area contributed by atoms with Gasteiger partial charge in [-0.05, 0) is 36.0 Å². The fraction of sp³-hybridized carbons (Fsp3) is 0.136. The highest BCUT2D eigenvalue weighted by atomic mass is 19.3. The van der Waals surface area contributed by atoms with Gasteiger partial charge in [-0.25, -0.2) is 22.7 Å². The summed E-state index contributed by atoms with van der Waals surface area (Å²) in [5.41, 5.74) is 7.18. The van der Waals surface area contributed by atoms with E-state index in [1.165, 1.54) is 52.2 Å². The van der Waals surface area contributed by atoms with Gasteiger partial charge in [0.1, 0.15) is 17.2 Å². The van der Waals surface area contributed by atoms with E-state index in [9.17, 15) is 18.0 Å². The first-order valence-corrected chi connectivity index (χ1v) is 9.19. The van der Waals surface area contributed by atoms with E-state index in [4.69, 9.17) is 5.73 Å². The Hall–Kier alpha value is -3.88. The average Bonchev–Trinajstić information content (AvgIpc) is 3.14. The summed E-state index contributed by atoms with van der Waals surface area (Å²) in [7, 11) is 0. The van der Waals surface area contributed by atoms with Crippen LogP contribution in [0.25, 0.3) is 16.9 Å². The summed E-state index contributed by atoms with van der Waals surface area (Å²) in [6, 6.07) is 8.65. The molecule has 0 saturated carbocycles. The Labute approximate surface area is 176 Å². The van der Waals surface area contributed by atoms with Gasteiger partial charge in [0.25, 0.3) is 11.8 Å². The molecule has 31 heavy (non-hydrogen) atoms. The van der Waals surface area contributed by atoms with E-state index in [1.807, 2.05) is 0 Å². The van der Waals surface area contributed by atoms with Crippen molar-refractivity contribution < 1.29 is 18.0 Å². The lowest BCUT2D eigenvalue weighted by molar-refractivity contribution is 0.00753. The van der Waals surface area contributed by atoms with E-state index in [1.54, 1.807) is 12.1 Å². The molecule has 0 bridgehead atoms. The number of nitrogens with zero attached hydrogens (tertiary/aromatic N) is 4. The molecular formula is C22H20F3N5O. The smallest absolute Gasteiger partial charge is 0.269 e. The summed E-state index contributed by atoms with van der Waals surface area (Å²) >= 11 is 0. The van der Waals surface area contributed by atoms with Crippen molar-refractivity contribution in [3.8, 4) is 0 Å². The first-order valence-electron chi connectivity index (χ1n) is 9.19. The summed E-state index contributed by atoms with van der Waals surface area (Å²) < 4.78 is 42.6. The Morgan fingerprint density at radius 3 is 2.45 bits per heavy atom. The lowest BCUT2D eigenvalue weighted by Gasteiger charge is -2.28. The van der Waals surface area contributed by atoms with Crippen molar-refractivity contribution in [2.75, 3.05) is 6.54 Å². The highest BCUT2D eigenvalue weighted by molar-refractivity contribution is 5.94. The van der Waals surface area contributed by atoms with Gasteiger partial charge in [-0.1, -0.05) is 31.4 Å². The molecule has 0 unspecified atom stereocenters. The molecule has 160 valence electrons. The molecule has 6 nitrogen and oxygen atoms in total. The summed E-state index contributed by atoms with van der Waals surface area (Å²) in [5.74, 6) is -4.25. The van der Waals surface area contributed by atoms with E-state index < -0.39 is 24.2 Å². The topological polar surface area (TPSA) is 76.5 Å². The summed E-state index contributed by atoms with van der Waals surface area (Å²) in [5, 5.41) is 4.41. The van der Waals surface area contributed by atoms with Gasteiger partial charge in [0.05, 0.1) is 18.4 Å². The van der Waals surface area contributed by atoms with Crippen LogP contribution in [0.4, 0.5) is 13.2 Å². The van der Waals surface area contributed by atoms with Crippen LogP contribution >= 0.6 is 0 Å². The molecule has 2 heterocycles. The van der Waals surface area contributed by atoms with Crippen LogP contribution in [0, 0.1) is 5.82 Å². The number of allylic oxidation sites excluding steroid dienone is 2. The van der Waals surface area contributed by atoms with Crippen LogP contribution in [-0.4, -0.2) is 37.9 Å². The Balaban J connectivity index is 2.32. The Morgan fingerprint density at radius 2 is 1.90 bits per heavy atom. The minimum Gasteiger partial charge on any atom is -0.364 e. The zero-order valence-electron chi connectivity index (χ0n) is 16.7. The third kappa shape index (κ3) is 4.66. The molecule has 1 aromatic carbocycles. The van der Waals surface area contributed by atoms with Crippen LogP contribution < -0.4 is 5.73 Å². The summed E-state index contributed by atoms with van der Waals surface area (Å²) in [4.78, 5) is 17.0. The van der Waals surface area contributed by atoms with Gasteiger partial charge in [-0.3, -0.25) is 4.79 Å². The molecule has 9 heteroatoms. The third-order valence-electron chi connectivity index (χ3n) is 4.43. The number of hydrogen-bond acceptors (Lipinski definition) is 4. The predicted octanol–water partition coefficient (Wildman–Crippen LogP) is 4.12. The lowest BCUT2D eigenvalue weighted by Crippen LogP contribution is -2.31. The zero-order valence-corrected chi connectivity index (χ0v) is 16.7. The number of benzene rings is 1. The number of carbonyl (C=O) groups excluding carboxylic acids is 1. The average molecular weight is 427 g/mol. The number of amides is 1. The van der Waals surface area contributed by atoms with Crippen LogP contribution in [0.3, 0.4) is 0 Å². The van der Waals surface area contributed by atoms with Crippen LogP contribution in [0.15, 0.2) is 68.0 Å². The Bertz CT molecular complexity index is 1180. The van der Waals surface area contributed by atoms with E-state index in [0.29, 0.717) is 16.8 Å². The third-order valence-corrected chi connectivity index (χ3v) is 4.43. The molecule has 0 aliphatic rings. The normalized spacial score (nSPS) is 12.4. The van der Waals surface area contributed by atoms with Crippen LogP contribution in [0.2, 0.25) is 0 Å².